The second-order valence-electron chi connectivity index (χ2n) is 8.29. The smallest absolute Gasteiger partial charge is 0.374 e. The molecule has 1 aromatic heterocycles. The zero-order valence-electron chi connectivity index (χ0n) is 18.8. The quantitative estimate of drug-likeness (QED) is 0.299. The van der Waals surface area contributed by atoms with Crippen LogP contribution in [0.25, 0.3) is 0 Å². The molecule has 0 N–H and O–H groups in total. The van der Waals surface area contributed by atoms with Crippen LogP contribution in [0.1, 0.15) is 35.7 Å². The first-order valence-corrected chi connectivity index (χ1v) is 12.3. The highest BCUT2D eigenvalue weighted by Crippen LogP contribution is 2.49. The molecule has 0 radical (unpaired) electrons. The zero-order valence-corrected chi connectivity index (χ0v) is 21.9. The Hall–Kier alpha value is -2.62. The first-order chi connectivity index (χ1) is 17.0. The van der Waals surface area contributed by atoms with Gasteiger partial charge in [0, 0.05) is 51.7 Å². The zero-order chi connectivity index (χ0) is 26.1. The van der Waals surface area contributed by atoms with E-state index in [-0.39, 0.29) is 33.8 Å². The van der Waals surface area contributed by atoms with Gasteiger partial charge in [-0.2, -0.15) is 13.2 Å². The van der Waals surface area contributed by atoms with Crippen LogP contribution in [-0.4, -0.2) is 27.7 Å². The maximum Gasteiger partial charge on any atom is 0.435 e. The van der Waals surface area contributed by atoms with E-state index in [1.807, 2.05) is 12.1 Å². The van der Waals surface area contributed by atoms with Gasteiger partial charge in [-0.15, -0.1) is 0 Å². The van der Waals surface area contributed by atoms with Crippen molar-refractivity contribution >= 4 is 50.8 Å². The Bertz CT molecular complexity index is 1300. The SMILES string of the molecule is CC(=O)N(Cc1ccccn1)Cc1ccc(C2=NOC(c3cc(Cl)cc(Cl)c3)(C(F)(F)F)C2)cc1Br. The van der Waals surface area contributed by atoms with Crippen LogP contribution in [0.3, 0.4) is 0 Å². The molecule has 0 saturated carbocycles. The van der Waals surface area contributed by atoms with Crippen molar-refractivity contribution in [3.05, 3.63) is 97.7 Å². The molecule has 1 aliphatic heterocycles. The van der Waals surface area contributed by atoms with Gasteiger partial charge < -0.3 is 9.74 Å². The van der Waals surface area contributed by atoms with Crippen LogP contribution in [-0.2, 0) is 28.3 Å². The molecular weight excluding hydrogens is 582 g/mol. The summed E-state index contributed by atoms with van der Waals surface area (Å²) in [6.45, 7) is 2.07. The van der Waals surface area contributed by atoms with Gasteiger partial charge in [-0.1, -0.05) is 62.5 Å². The first-order valence-electron chi connectivity index (χ1n) is 10.7. The fourth-order valence-electron chi connectivity index (χ4n) is 3.87. The lowest BCUT2D eigenvalue weighted by atomic mass is 9.86. The van der Waals surface area contributed by atoms with Gasteiger partial charge in [-0.25, -0.2) is 0 Å². The van der Waals surface area contributed by atoms with Crippen LogP contribution >= 0.6 is 39.1 Å². The number of carbonyl (C=O) groups excluding carboxylic acids is 1. The van der Waals surface area contributed by atoms with Gasteiger partial charge in [0.1, 0.15) is 0 Å². The minimum atomic E-state index is -4.78. The number of halogens is 6. The summed E-state index contributed by atoms with van der Waals surface area (Å²) < 4.78 is 43.4. The minimum absolute atomic E-state index is 0.0611. The summed E-state index contributed by atoms with van der Waals surface area (Å²) >= 11 is 15.4. The number of hydrogen-bond acceptors (Lipinski definition) is 4. The van der Waals surface area contributed by atoms with Crippen molar-refractivity contribution in [2.24, 2.45) is 5.16 Å². The van der Waals surface area contributed by atoms with Crippen molar-refractivity contribution in [2.45, 2.75) is 38.2 Å². The molecule has 1 unspecified atom stereocenters. The number of oxime groups is 1. The van der Waals surface area contributed by atoms with Crippen LogP contribution in [0.5, 0.6) is 0 Å². The van der Waals surface area contributed by atoms with Gasteiger partial charge in [0.05, 0.1) is 18.0 Å². The van der Waals surface area contributed by atoms with Gasteiger partial charge in [0.25, 0.3) is 5.60 Å². The van der Waals surface area contributed by atoms with Crippen LogP contribution in [0, 0.1) is 0 Å². The van der Waals surface area contributed by atoms with Crippen molar-refractivity contribution in [1.29, 1.82) is 0 Å². The molecule has 0 saturated heterocycles. The average Bonchev–Trinajstić information content (AvgIpc) is 3.27. The highest BCUT2D eigenvalue weighted by atomic mass is 79.9. The molecule has 1 atom stereocenters. The summed E-state index contributed by atoms with van der Waals surface area (Å²) in [4.78, 5) is 23.2. The van der Waals surface area contributed by atoms with Crippen molar-refractivity contribution in [2.75, 3.05) is 0 Å². The van der Waals surface area contributed by atoms with Crippen LogP contribution in [0.4, 0.5) is 13.2 Å². The second kappa shape index (κ2) is 10.4. The Labute approximate surface area is 224 Å². The fraction of sp³-hybridized carbons (Fsp3) is 0.240. The topological polar surface area (TPSA) is 54.8 Å². The highest BCUT2D eigenvalue weighted by molar-refractivity contribution is 9.10. The highest BCUT2D eigenvalue weighted by Gasteiger charge is 2.62. The molecule has 2 heterocycles. The number of carbonyl (C=O) groups is 1. The number of benzene rings is 2. The lowest BCUT2D eigenvalue weighted by Gasteiger charge is -2.29. The molecule has 0 bridgehead atoms. The molecule has 11 heteroatoms. The molecular formula is C25H19BrCl2F3N3O2. The van der Waals surface area contributed by atoms with Crippen molar-refractivity contribution in [1.82, 2.24) is 9.88 Å². The summed E-state index contributed by atoms with van der Waals surface area (Å²) in [6.07, 6.45) is -3.68. The lowest BCUT2D eigenvalue weighted by Crippen LogP contribution is -2.42. The number of amides is 1. The van der Waals surface area contributed by atoms with E-state index in [2.05, 4.69) is 26.1 Å². The number of aromatic nitrogens is 1. The maximum absolute atomic E-state index is 14.3. The van der Waals surface area contributed by atoms with E-state index in [0.29, 0.717) is 16.6 Å². The third kappa shape index (κ3) is 5.53. The van der Waals surface area contributed by atoms with Gasteiger partial charge in [0.15, 0.2) is 0 Å². The number of hydrogen-bond donors (Lipinski definition) is 0. The standard InChI is InChI=1S/C25H19BrCl2F3N3O2/c1-15(35)34(14-21-4-2-3-7-32-21)13-17-6-5-16(8-22(17)26)23-12-24(36-33-23,25(29,30)31)18-9-19(27)11-20(28)10-18/h2-11H,12-14H2,1H3. The van der Waals surface area contributed by atoms with Crippen LogP contribution in [0.15, 0.2) is 70.4 Å². The largest absolute Gasteiger partial charge is 0.435 e. The number of nitrogens with zero attached hydrogens (tertiary/aromatic N) is 3. The maximum atomic E-state index is 14.3. The van der Waals surface area contributed by atoms with Crippen molar-refractivity contribution in [3.63, 3.8) is 0 Å². The predicted molar refractivity (Wildman–Crippen MR) is 135 cm³/mol. The Morgan fingerprint density at radius 2 is 1.83 bits per heavy atom. The summed E-state index contributed by atoms with van der Waals surface area (Å²) in [5.74, 6) is -0.139. The summed E-state index contributed by atoms with van der Waals surface area (Å²) in [5, 5.41) is 3.92. The number of pyridine rings is 1. The van der Waals surface area contributed by atoms with Gasteiger partial charge in [-0.3, -0.25) is 9.78 Å². The Morgan fingerprint density at radius 3 is 2.42 bits per heavy atom. The van der Waals surface area contributed by atoms with Crippen molar-refractivity contribution in [3.8, 4) is 0 Å². The van der Waals surface area contributed by atoms with E-state index in [1.165, 1.54) is 25.1 Å². The van der Waals surface area contributed by atoms with E-state index in [0.717, 1.165) is 11.3 Å². The van der Waals surface area contributed by atoms with Gasteiger partial charge in [0.2, 0.25) is 5.91 Å². The monoisotopic (exact) mass is 599 g/mol. The number of alkyl halides is 3. The van der Waals surface area contributed by atoms with E-state index < -0.39 is 18.2 Å². The fourth-order valence-corrected chi connectivity index (χ4v) is 4.90. The van der Waals surface area contributed by atoms with Crippen LogP contribution in [0.2, 0.25) is 10.0 Å². The third-order valence-electron chi connectivity index (χ3n) is 5.79. The summed E-state index contributed by atoms with van der Waals surface area (Å²) in [5.41, 5.74) is -0.864. The first kappa shape index (κ1) is 26.4. The van der Waals surface area contributed by atoms with Gasteiger partial charge in [-0.05, 0) is 42.0 Å². The predicted octanol–water partition coefficient (Wildman–Crippen LogP) is 7.28. The average molecular weight is 601 g/mol. The lowest BCUT2D eigenvalue weighted by molar-refractivity contribution is -0.275. The molecule has 1 amide bonds. The molecule has 2 aromatic carbocycles. The van der Waals surface area contributed by atoms with E-state index >= 15 is 0 Å². The summed E-state index contributed by atoms with van der Waals surface area (Å²) in [7, 11) is 0. The summed E-state index contributed by atoms with van der Waals surface area (Å²) in [6, 6.07) is 14.2. The van der Waals surface area contributed by atoms with E-state index in [9.17, 15) is 18.0 Å². The van der Waals surface area contributed by atoms with Crippen LogP contribution < -0.4 is 0 Å². The molecule has 36 heavy (non-hydrogen) atoms. The molecule has 5 nitrogen and oxygen atoms in total. The van der Waals surface area contributed by atoms with E-state index in [1.54, 1.807) is 35.4 Å². The Morgan fingerprint density at radius 1 is 1.11 bits per heavy atom. The third-order valence-corrected chi connectivity index (χ3v) is 6.96. The molecule has 4 rings (SSSR count). The van der Waals surface area contributed by atoms with Crippen molar-refractivity contribution < 1.29 is 22.8 Å². The Balaban J connectivity index is 1.57. The molecule has 0 aliphatic carbocycles. The van der Waals surface area contributed by atoms with Gasteiger partial charge >= 0.3 is 6.18 Å². The molecule has 3 aromatic rings. The molecule has 0 spiro atoms. The number of rotatable bonds is 6. The normalized spacial score (nSPS) is 17.5. The van der Waals surface area contributed by atoms with E-state index in [4.69, 9.17) is 28.0 Å². The molecule has 1 aliphatic rings. The molecule has 188 valence electrons. The second-order valence-corrected chi connectivity index (χ2v) is 10.0. The minimum Gasteiger partial charge on any atom is -0.374 e. The molecule has 0 fully saturated rings. The Kier molecular flexibility index (Phi) is 7.64.